The van der Waals surface area contributed by atoms with Crippen molar-refractivity contribution in [3.63, 3.8) is 0 Å². The first-order valence-electron chi connectivity index (χ1n) is 5.94. The average molecular weight is 271 g/mol. The molecule has 96 valence electrons. The van der Waals surface area contributed by atoms with Crippen LogP contribution in [-0.2, 0) is 0 Å². The van der Waals surface area contributed by atoms with E-state index in [0.717, 1.165) is 17.0 Å². The van der Waals surface area contributed by atoms with Crippen molar-refractivity contribution < 1.29 is 4.52 Å². The number of anilines is 1. The summed E-state index contributed by atoms with van der Waals surface area (Å²) in [6.45, 7) is 2.08. The van der Waals surface area contributed by atoms with Crippen LogP contribution in [0, 0.1) is 0 Å². The zero-order valence-electron chi connectivity index (χ0n) is 10.4. The molecule has 2 N–H and O–H groups in total. The van der Waals surface area contributed by atoms with Gasteiger partial charge >= 0.3 is 0 Å². The Balaban J connectivity index is 1.86. The number of thiazole rings is 1. The molecule has 4 nitrogen and oxygen atoms in total. The first kappa shape index (κ1) is 11.9. The molecular weight excluding hydrogens is 258 g/mol. The largest absolute Gasteiger partial charge is 0.368 e. The van der Waals surface area contributed by atoms with Crippen molar-refractivity contribution in [1.29, 1.82) is 0 Å². The number of hydrogen-bond acceptors (Lipinski definition) is 5. The molecule has 0 aliphatic rings. The minimum Gasteiger partial charge on any atom is -0.368 e. The van der Waals surface area contributed by atoms with Crippen molar-refractivity contribution in [2.45, 2.75) is 12.8 Å². The van der Waals surface area contributed by atoms with E-state index in [1.807, 2.05) is 10.9 Å². The van der Waals surface area contributed by atoms with Gasteiger partial charge in [0.2, 0.25) is 5.88 Å². The van der Waals surface area contributed by atoms with Crippen molar-refractivity contribution in [1.82, 2.24) is 10.1 Å². The summed E-state index contributed by atoms with van der Waals surface area (Å²) in [5, 5.41) is 5.99. The second kappa shape index (κ2) is 4.85. The van der Waals surface area contributed by atoms with Crippen molar-refractivity contribution in [3.05, 3.63) is 52.5 Å². The Labute approximate surface area is 114 Å². The topological polar surface area (TPSA) is 64.9 Å². The lowest BCUT2D eigenvalue weighted by Gasteiger charge is -2.08. The third-order valence-corrected chi connectivity index (χ3v) is 3.72. The van der Waals surface area contributed by atoms with Gasteiger partial charge in [0.1, 0.15) is 0 Å². The van der Waals surface area contributed by atoms with Gasteiger partial charge in [-0.25, -0.2) is 4.98 Å². The normalized spacial score (nSPS) is 12.5. The van der Waals surface area contributed by atoms with Crippen LogP contribution in [0.4, 0.5) is 5.88 Å². The molecule has 5 heteroatoms. The Morgan fingerprint density at radius 2 is 2.05 bits per heavy atom. The lowest BCUT2D eigenvalue weighted by Crippen LogP contribution is -1.96. The van der Waals surface area contributed by atoms with Crippen LogP contribution in [0.15, 0.2) is 45.7 Å². The average Bonchev–Trinajstić information content (AvgIpc) is 3.09. The molecule has 0 fully saturated rings. The predicted molar refractivity (Wildman–Crippen MR) is 76.0 cm³/mol. The summed E-state index contributed by atoms with van der Waals surface area (Å²) in [6.07, 6.45) is 0. The van der Waals surface area contributed by atoms with E-state index >= 15 is 0 Å². The lowest BCUT2D eigenvalue weighted by atomic mass is 9.96. The molecule has 2 aromatic heterocycles. The summed E-state index contributed by atoms with van der Waals surface area (Å²) in [5.41, 5.74) is 11.5. The summed E-state index contributed by atoms with van der Waals surface area (Å²) in [6, 6.07) is 10.1. The van der Waals surface area contributed by atoms with E-state index in [1.165, 1.54) is 5.56 Å². The number of nitrogens with zero attached hydrogens (tertiary/aromatic N) is 2. The minimum atomic E-state index is 0.158. The molecule has 0 spiro atoms. The molecule has 0 aliphatic heterocycles. The molecule has 3 rings (SSSR count). The second-order valence-corrected chi connectivity index (χ2v) is 5.09. The summed E-state index contributed by atoms with van der Waals surface area (Å²) in [5.74, 6) is 0.506. The molecule has 2 heterocycles. The van der Waals surface area contributed by atoms with Crippen LogP contribution in [-0.4, -0.2) is 10.1 Å². The monoisotopic (exact) mass is 271 g/mol. The van der Waals surface area contributed by atoms with Crippen molar-refractivity contribution in [2.75, 3.05) is 5.73 Å². The first-order valence-corrected chi connectivity index (χ1v) is 6.89. The molecule has 0 saturated carbocycles. The summed E-state index contributed by atoms with van der Waals surface area (Å²) in [4.78, 5) is 4.30. The Morgan fingerprint density at radius 1 is 1.26 bits per heavy atom. The van der Waals surface area contributed by atoms with Gasteiger partial charge in [-0.1, -0.05) is 36.3 Å². The highest BCUT2D eigenvalue weighted by Crippen LogP contribution is 2.27. The standard InChI is InChI=1S/C14H13N3OS/c1-9(12-6-14(15)18-17-12)10-2-4-11(5-3-10)13-7-19-8-16-13/h2-9H,15H2,1H3. The van der Waals surface area contributed by atoms with Crippen molar-refractivity contribution in [2.24, 2.45) is 0 Å². The molecule has 1 unspecified atom stereocenters. The molecule has 0 bridgehead atoms. The Morgan fingerprint density at radius 3 is 2.63 bits per heavy atom. The maximum Gasteiger partial charge on any atom is 0.222 e. The van der Waals surface area contributed by atoms with Crippen molar-refractivity contribution >= 4 is 17.2 Å². The lowest BCUT2D eigenvalue weighted by molar-refractivity contribution is 0.425. The molecule has 0 radical (unpaired) electrons. The van der Waals surface area contributed by atoms with E-state index in [0.29, 0.717) is 5.88 Å². The predicted octanol–water partition coefficient (Wildman–Crippen LogP) is 3.53. The molecular formula is C14H13N3OS. The Bertz CT molecular complexity index is 658. The zero-order chi connectivity index (χ0) is 13.2. The first-order chi connectivity index (χ1) is 9.24. The van der Waals surface area contributed by atoms with Gasteiger partial charge in [0.15, 0.2) is 0 Å². The van der Waals surface area contributed by atoms with E-state index in [1.54, 1.807) is 17.4 Å². The van der Waals surface area contributed by atoms with Crippen LogP contribution in [0.1, 0.15) is 24.1 Å². The number of hydrogen-bond donors (Lipinski definition) is 1. The van der Waals surface area contributed by atoms with Gasteiger partial charge in [-0.2, -0.15) is 0 Å². The Kier molecular flexibility index (Phi) is 3.05. The quantitative estimate of drug-likeness (QED) is 0.791. The van der Waals surface area contributed by atoms with E-state index < -0.39 is 0 Å². The van der Waals surface area contributed by atoms with Gasteiger partial charge in [-0.15, -0.1) is 11.3 Å². The number of rotatable bonds is 3. The molecule has 1 aromatic carbocycles. The minimum absolute atomic E-state index is 0.158. The fourth-order valence-corrected chi connectivity index (χ4v) is 2.54. The van der Waals surface area contributed by atoms with Gasteiger partial charge in [0, 0.05) is 22.9 Å². The van der Waals surface area contributed by atoms with Gasteiger partial charge in [-0.3, -0.25) is 0 Å². The fourth-order valence-electron chi connectivity index (χ4n) is 1.98. The smallest absolute Gasteiger partial charge is 0.222 e. The highest BCUT2D eigenvalue weighted by atomic mass is 32.1. The van der Waals surface area contributed by atoms with Gasteiger partial charge in [0.25, 0.3) is 0 Å². The second-order valence-electron chi connectivity index (χ2n) is 4.37. The van der Waals surface area contributed by atoms with E-state index in [9.17, 15) is 0 Å². The maximum absolute atomic E-state index is 5.55. The third kappa shape index (κ3) is 2.37. The van der Waals surface area contributed by atoms with E-state index in [-0.39, 0.29) is 5.92 Å². The van der Waals surface area contributed by atoms with Crippen LogP contribution >= 0.6 is 11.3 Å². The summed E-state index contributed by atoms with van der Waals surface area (Å²) in [7, 11) is 0. The molecule has 1 atom stereocenters. The summed E-state index contributed by atoms with van der Waals surface area (Å²) < 4.78 is 4.91. The van der Waals surface area contributed by atoms with Crippen LogP contribution in [0.25, 0.3) is 11.3 Å². The van der Waals surface area contributed by atoms with Crippen LogP contribution in [0.3, 0.4) is 0 Å². The molecule has 19 heavy (non-hydrogen) atoms. The number of nitrogen functional groups attached to an aromatic ring is 1. The number of nitrogens with two attached hydrogens (primary N) is 1. The maximum atomic E-state index is 5.55. The van der Waals surface area contributed by atoms with E-state index in [4.69, 9.17) is 10.3 Å². The van der Waals surface area contributed by atoms with Crippen LogP contribution in [0.2, 0.25) is 0 Å². The van der Waals surface area contributed by atoms with Crippen LogP contribution < -0.4 is 5.73 Å². The molecule has 3 aromatic rings. The summed E-state index contributed by atoms with van der Waals surface area (Å²) >= 11 is 1.60. The van der Waals surface area contributed by atoms with Crippen LogP contribution in [0.5, 0.6) is 0 Å². The Hall–Kier alpha value is -2.14. The highest BCUT2D eigenvalue weighted by molar-refractivity contribution is 7.07. The van der Waals surface area contributed by atoms with Crippen molar-refractivity contribution in [3.8, 4) is 11.3 Å². The number of benzene rings is 1. The third-order valence-electron chi connectivity index (χ3n) is 3.13. The zero-order valence-corrected chi connectivity index (χ0v) is 11.2. The van der Waals surface area contributed by atoms with Gasteiger partial charge < -0.3 is 10.3 Å². The molecule has 0 aliphatic carbocycles. The molecule has 0 saturated heterocycles. The fraction of sp³-hybridized carbons (Fsp3) is 0.143. The highest BCUT2D eigenvalue weighted by Gasteiger charge is 2.13. The van der Waals surface area contributed by atoms with Gasteiger partial charge in [0.05, 0.1) is 16.9 Å². The number of aromatic nitrogens is 2. The molecule has 0 amide bonds. The SMILES string of the molecule is CC(c1ccc(-c2cscn2)cc1)c1cc(N)on1. The van der Waals surface area contributed by atoms with Gasteiger partial charge in [-0.05, 0) is 5.56 Å². The van der Waals surface area contributed by atoms with E-state index in [2.05, 4.69) is 41.3 Å².